The number of nitrogens with two attached hydrogens (primary N) is 1. The zero-order chi connectivity index (χ0) is 12.4. The number of ether oxygens (including phenoxy) is 3. The lowest BCUT2D eigenvalue weighted by Gasteiger charge is -2.18. The van der Waals surface area contributed by atoms with E-state index in [9.17, 15) is 4.79 Å². The fourth-order valence-electron chi connectivity index (χ4n) is 0.853. The van der Waals surface area contributed by atoms with Crippen LogP contribution in [0.3, 0.4) is 0 Å². The van der Waals surface area contributed by atoms with Gasteiger partial charge in [-0.15, -0.1) is 0 Å². The van der Waals surface area contributed by atoms with Crippen LogP contribution in [-0.4, -0.2) is 56.8 Å². The quantitative estimate of drug-likeness (QED) is 0.512. The molecule has 0 aromatic heterocycles. The van der Waals surface area contributed by atoms with Crippen LogP contribution in [0.2, 0.25) is 0 Å². The molecular formula is C10H21NO5. The van der Waals surface area contributed by atoms with Gasteiger partial charge >= 0.3 is 5.97 Å². The SMILES string of the molecule is COCCOCCCOCC(C)(N)C(=O)O. The van der Waals surface area contributed by atoms with E-state index >= 15 is 0 Å². The summed E-state index contributed by atoms with van der Waals surface area (Å²) in [6.45, 7) is 3.55. The molecule has 1 atom stereocenters. The summed E-state index contributed by atoms with van der Waals surface area (Å²) in [4.78, 5) is 10.6. The van der Waals surface area contributed by atoms with Gasteiger partial charge in [0.15, 0.2) is 0 Å². The van der Waals surface area contributed by atoms with Gasteiger partial charge in [0.05, 0.1) is 19.8 Å². The fourth-order valence-corrected chi connectivity index (χ4v) is 0.853. The van der Waals surface area contributed by atoms with Crippen molar-refractivity contribution in [3.63, 3.8) is 0 Å². The van der Waals surface area contributed by atoms with Crippen LogP contribution in [0, 0.1) is 0 Å². The molecule has 0 radical (unpaired) electrons. The van der Waals surface area contributed by atoms with E-state index in [0.717, 1.165) is 0 Å². The fraction of sp³-hybridized carbons (Fsp3) is 0.900. The predicted octanol–water partition coefficient (Wildman–Crippen LogP) is -0.142. The van der Waals surface area contributed by atoms with Crippen LogP contribution in [-0.2, 0) is 19.0 Å². The van der Waals surface area contributed by atoms with Gasteiger partial charge in [-0.25, -0.2) is 0 Å². The number of rotatable bonds is 10. The molecule has 0 bridgehead atoms. The number of hydrogen-bond donors (Lipinski definition) is 2. The van der Waals surface area contributed by atoms with Crippen molar-refractivity contribution in [3.8, 4) is 0 Å². The first-order chi connectivity index (χ1) is 7.50. The van der Waals surface area contributed by atoms with E-state index in [4.69, 9.17) is 25.1 Å². The highest BCUT2D eigenvalue weighted by Crippen LogP contribution is 2.00. The maximum atomic E-state index is 10.6. The lowest BCUT2D eigenvalue weighted by Crippen LogP contribution is -2.49. The Morgan fingerprint density at radius 3 is 2.44 bits per heavy atom. The molecular weight excluding hydrogens is 214 g/mol. The first-order valence-corrected chi connectivity index (χ1v) is 5.17. The van der Waals surface area contributed by atoms with Crippen molar-refractivity contribution >= 4 is 5.97 Å². The molecule has 0 aliphatic carbocycles. The number of aliphatic carboxylic acids is 1. The summed E-state index contributed by atoms with van der Waals surface area (Å²) >= 11 is 0. The lowest BCUT2D eigenvalue weighted by atomic mass is 10.1. The Hall–Kier alpha value is -0.690. The lowest BCUT2D eigenvalue weighted by molar-refractivity contribution is -0.145. The standard InChI is InChI=1S/C10H21NO5/c1-10(11,9(12)13)8-16-5-3-4-15-7-6-14-2/h3-8,11H2,1-2H3,(H,12,13). The normalized spacial score (nSPS) is 14.7. The maximum Gasteiger partial charge on any atom is 0.325 e. The zero-order valence-electron chi connectivity index (χ0n) is 9.90. The van der Waals surface area contributed by atoms with Crippen molar-refractivity contribution < 1.29 is 24.1 Å². The van der Waals surface area contributed by atoms with E-state index in [2.05, 4.69) is 0 Å². The number of methoxy groups -OCH3 is 1. The van der Waals surface area contributed by atoms with Gasteiger partial charge < -0.3 is 25.1 Å². The second-order valence-electron chi connectivity index (χ2n) is 3.73. The molecule has 0 amide bonds. The van der Waals surface area contributed by atoms with Gasteiger partial charge in [0.25, 0.3) is 0 Å². The van der Waals surface area contributed by atoms with Crippen LogP contribution in [0.1, 0.15) is 13.3 Å². The highest BCUT2D eigenvalue weighted by Gasteiger charge is 2.27. The summed E-state index contributed by atoms with van der Waals surface area (Å²) < 4.78 is 15.2. The summed E-state index contributed by atoms with van der Waals surface area (Å²) in [5.41, 5.74) is 4.15. The van der Waals surface area contributed by atoms with Gasteiger partial charge in [-0.1, -0.05) is 0 Å². The molecule has 0 saturated carbocycles. The molecule has 0 aliphatic heterocycles. The molecule has 0 aromatic rings. The Morgan fingerprint density at radius 1 is 1.25 bits per heavy atom. The van der Waals surface area contributed by atoms with Crippen LogP contribution in [0.15, 0.2) is 0 Å². The van der Waals surface area contributed by atoms with Crippen LogP contribution >= 0.6 is 0 Å². The molecule has 0 spiro atoms. The number of hydrogen-bond acceptors (Lipinski definition) is 5. The molecule has 96 valence electrons. The smallest absolute Gasteiger partial charge is 0.325 e. The Labute approximate surface area is 95.7 Å². The van der Waals surface area contributed by atoms with Crippen molar-refractivity contribution in [1.82, 2.24) is 0 Å². The first kappa shape index (κ1) is 15.3. The summed E-state index contributed by atoms with van der Waals surface area (Å²) in [6, 6.07) is 0. The van der Waals surface area contributed by atoms with E-state index in [-0.39, 0.29) is 6.61 Å². The van der Waals surface area contributed by atoms with E-state index in [1.807, 2.05) is 0 Å². The summed E-state index contributed by atoms with van der Waals surface area (Å²) in [5, 5.41) is 8.70. The zero-order valence-corrected chi connectivity index (χ0v) is 9.90. The average Bonchev–Trinajstić information content (AvgIpc) is 2.21. The molecule has 0 rings (SSSR count). The monoisotopic (exact) mass is 235 g/mol. The summed E-state index contributed by atoms with van der Waals surface area (Å²) in [5.74, 6) is -1.07. The molecule has 0 aromatic carbocycles. The third-order valence-corrected chi connectivity index (χ3v) is 1.90. The topological polar surface area (TPSA) is 91.0 Å². The third kappa shape index (κ3) is 7.58. The molecule has 0 fully saturated rings. The van der Waals surface area contributed by atoms with E-state index in [0.29, 0.717) is 32.8 Å². The van der Waals surface area contributed by atoms with Crippen molar-refractivity contribution in [2.75, 3.05) is 40.1 Å². The summed E-state index contributed by atoms with van der Waals surface area (Å²) in [6.07, 6.45) is 0.708. The third-order valence-electron chi connectivity index (χ3n) is 1.90. The van der Waals surface area contributed by atoms with E-state index < -0.39 is 11.5 Å². The molecule has 0 aliphatic rings. The van der Waals surface area contributed by atoms with E-state index in [1.54, 1.807) is 7.11 Å². The van der Waals surface area contributed by atoms with Gasteiger partial charge in [0, 0.05) is 20.3 Å². The van der Waals surface area contributed by atoms with E-state index in [1.165, 1.54) is 6.92 Å². The molecule has 1 unspecified atom stereocenters. The summed E-state index contributed by atoms with van der Waals surface area (Å²) in [7, 11) is 1.61. The first-order valence-electron chi connectivity index (χ1n) is 5.17. The van der Waals surface area contributed by atoms with Gasteiger partial charge in [0.2, 0.25) is 0 Å². The van der Waals surface area contributed by atoms with Crippen LogP contribution < -0.4 is 5.73 Å². The molecule has 0 saturated heterocycles. The Morgan fingerprint density at radius 2 is 1.88 bits per heavy atom. The van der Waals surface area contributed by atoms with Crippen molar-refractivity contribution in [3.05, 3.63) is 0 Å². The van der Waals surface area contributed by atoms with Crippen molar-refractivity contribution in [1.29, 1.82) is 0 Å². The van der Waals surface area contributed by atoms with Gasteiger partial charge in [-0.05, 0) is 13.3 Å². The molecule has 16 heavy (non-hydrogen) atoms. The van der Waals surface area contributed by atoms with Crippen molar-refractivity contribution in [2.45, 2.75) is 18.9 Å². The van der Waals surface area contributed by atoms with Gasteiger partial charge in [0.1, 0.15) is 5.54 Å². The van der Waals surface area contributed by atoms with Crippen LogP contribution in [0.4, 0.5) is 0 Å². The minimum absolute atomic E-state index is 0.000401. The number of carboxylic acid groups (broad SMARTS) is 1. The Kier molecular flexibility index (Phi) is 8.10. The molecule has 6 nitrogen and oxygen atoms in total. The van der Waals surface area contributed by atoms with Gasteiger partial charge in [-0.2, -0.15) is 0 Å². The highest BCUT2D eigenvalue weighted by molar-refractivity contribution is 5.77. The minimum Gasteiger partial charge on any atom is -0.480 e. The second kappa shape index (κ2) is 8.46. The van der Waals surface area contributed by atoms with Crippen molar-refractivity contribution in [2.24, 2.45) is 5.73 Å². The largest absolute Gasteiger partial charge is 0.480 e. The second-order valence-corrected chi connectivity index (χ2v) is 3.73. The van der Waals surface area contributed by atoms with Gasteiger partial charge in [-0.3, -0.25) is 4.79 Å². The molecule has 6 heteroatoms. The Balaban J connectivity index is 3.30. The highest BCUT2D eigenvalue weighted by atomic mass is 16.5. The average molecular weight is 235 g/mol. The molecule has 3 N–H and O–H groups in total. The Bertz CT molecular complexity index is 196. The predicted molar refractivity (Wildman–Crippen MR) is 58.4 cm³/mol. The number of carboxylic acids is 1. The minimum atomic E-state index is -1.32. The number of carbonyl (C=O) groups is 1. The van der Waals surface area contributed by atoms with Crippen LogP contribution in [0.25, 0.3) is 0 Å². The van der Waals surface area contributed by atoms with Crippen LogP contribution in [0.5, 0.6) is 0 Å². The maximum absolute atomic E-state index is 10.6. The molecule has 0 heterocycles.